The van der Waals surface area contributed by atoms with Gasteiger partial charge in [-0.15, -0.1) is 0 Å². The molecule has 0 unspecified atom stereocenters. The fourth-order valence-electron chi connectivity index (χ4n) is 1.89. The Morgan fingerprint density at radius 1 is 1.36 bits per heavy atom. The Balaban J connectivity index is 2.92. The summed E-state index contributed by atoms with van der Waals surface area (Å²) in [7, 11) is 0. The minimum Gasteiger partial charge on any atom is -0.396 e. The van der Waals surface area contributed by atoms with E-state index in [1.165, 1.54) is 17.0 Å². The van der Waals surface area contributed by atoms with E-state index >= 15 is 0 Å². The first-order valence-electron chi connectivity index (χ1n) is 5.32. The van der Waals surface area contributed by atoms with E-state index in [1.807, 2.05) is 0 Å². The van der Waals surface area contributed by atoms with Crippen LogP contribution < -0.4 is 0 Å². The highest BCUT2D eigenvalue weighted by Crippen LogP contribution is 2.17. The van der Waals surface area contributed by atoms with Gasteiger partial charge in [-0.1, -0.05) is 13.8 Å². The summed E-state index contributed by atoms with van der Waals surface area (Å²) < 4.78 is 2.34. The van der Waals surface area contributed by atoms with Crippen molar-refractivity contribution in [3.8, 4) is 0 Å². The van der Waals surface area contributed by atoms with Crippen LogP contribution in [0, 0.1) is 19.8 Å². The zero-order chi connectivity index (χ0) is 10.7. The lowest BCUT2D eigenvalue weighted by Gasteiger charge is -2.12. The summed E-state index contributed by atoms with van der Waals surface area (Å²) in [6.07, 6.45) is 0.776. The first kappa shape index (κ1) is 11.3. The van der Waals surface area contributed by atoms with Crippen LogP contribution in [0.25, 0.3) is 0 Å². The molecule has 0 saturated carbocycles. The van der Waals surface area contributed by atoms with Crippen LogP contribution in [0.2, 0.25) is 0 Å². The third-order valence-electron chi connectivity index (χ3n) is 2.61. The maximum atomic E-state index is 8.92. The molecule has 80 valence electrons. The highest BCUT2D eigenvalue weighted by atomic mass is 16.2. The molecule has 1 rings (SSSR count). The van der Waals surface area contributed by atoms with Crippen molar-refractivity contribution in [2.45, 2.75) is 40.7 Å². The Labute approximate surface area is 86.6 Å². The molecule has 0 radical (unpaired) electrons. The lowest BCUT2D eigenvalue weighted by Crippen LogP contribution is -2.08. The van der Waals surface area contributed by atoms with Gasteiger partial charge in [0, 0.05) is 24.5 Å². The normalized spacial score (nSPS) is 11.3. The fourth-order valence-corrected chi connectivity index (χ4v) is 1.89. The number of aromatic nitrogens is 1. The van der Waals surface area contributed by atoms with Gasteiger partial charge in [-0.05, 0) is 37.8 Å². The van der Waals surface area contributed by atoms with Gasteiger partial charge in [0.1, 0.15) is 0 Å². The van der Waals surface area contributed by atoms with Crippen LogP contribution in [-0.4, -0.2) is 16.3 Å². The summed E-state index contributed by atoms with van der Waals surface area (Å²) >= 11 is 0. The number of hydrogen-bond acceptors (Lipinski definition) is 1. The predicted octanol–water partition coefficient (Wildman–Crippen LogP) is 2.30. The van der Waals surface area contributed by atoms with Gasteiger partial charge < -0.3 is 9.67 Å². The minimum absolute atomic E-state index is 0.242. The fraction of sp³-hybridized carbons (Fsp3) is 0.667. The minimum atomic E-state index is 0.242. The molecule has 0 fully saturated rings. The molecule has 1 heterocycles. The third kappa shape index (κ3) is 2.38. The Morgan fingerprint density at radius 2 is 2.00 bits per heavy atom. The molecule has 0 atom stereocenters. The van der Waals surface area contributed by atoms with Gasteiger partial charge in [-0.25, -0.2) is 0 Å². The van der Waals surface area contributed by atoms with Crippen molar-refractivity contribution in [1.29, 1.82) is 0 Å². The molecule has 0 aliphatic carbocycles. The molecule has 0 saturated heterocycles. The van der Waals surface area contributed by atoms with Crippen LogP contribution >= 0.6 is 0 Å². The van der Waals surface area contributed by atoms with Gasteiger partial charge in [0.05, 0.1) is 0 Å². The lowest BCUT2D eigenvalue weighted by atomic mass is 10.2. The molecule has 0 bridgehead atoms. The smallest absolute Gasteiger partial charge is 0.0472 e. The second-order valence-electron chi connectivity index (χ2n) is 4.37. The van der Waals surface area contributed by atoms with Crippen molar-refractivity contribution in [3.63, 3.8) is 0 Å². The SMILES string of the molecule is Cc1cc(CCO)c(C)n1CC(C)C. The number of aliphatic hydroxyl groups is 1. The maximum absolute atomic E-state index is 8.92. The van der Waals surface area contributed by atoms with E-state index in [9.17, 15) is 0 Å². The van der Waals surface area contributed by atoms with Crippen LogP contribution in [0.5, 0.6) is 0 Å². The maximum Gasteiger partial charge on any atom is 0.0472 e. The summed E-state index contributed by atoms with van der Waals surface area (Å²) in [4.78, 5) is 0. The van der Waals surface area contributed by atoms with Crippen LogP contribution in [0.4, 0.5) is 0 Å². The second kappa shape index (κ2) is 4.65. The zero-order valence-electron chi connectivity index (χ0n) is 9.67. The number of rotatable bonds is 4. The van der Waals surface area contributed by atoms with Crippen molar-refractivity contribution >= 4 is 0 Å². The molecular formula is C12H21NO. The highest BCUT2D eigenvalue weighted by molar-refractivity contribution is 5.26. The van der Waals surface area contributed by atoms with Gasteiger partial charge in [-0.3, -0.25) is 0 Å². The third-order valence-corrected chi connectivity index (χ3v) is 2.61. The summed E-state index contributed by atoms with van der Waals surface area (Å²) in [5.74, 6) is 0.668. The van der Waals surface area contributed by atoms with Gasteiger partial charge in [0.15, 0.2) is 0 Å². The van der Waals surface area contributed by atoms with Crippen molar-refractivity contribution in [3.05, 3.63) is 23.0 Å². The van der Waals surface area contributed by atoms with Gasteiger partial charge >= 0.3 is 0 Å². The van der Waals surface area contributed by atoms with Crippen LogP contribution in [0.3, 0.4) is 0 Å². The summed E-state index contributed by atoms with van der Waals surface area (Å²) in [5, 5.41) is 8.92. The number of aliphatic hydroxyl groups excluding tert-OH is 1. The van der Waals surface area contributed by atoms with Crippen LogP contribution in [0.15, 0.2) is 6.07 Å². The van der Waals surface area contributed by atoms with Crippen molar-refractivity contribution < 1.29 is 5.11 Å². The molecule has 0 spiro atoms. The molecule has 1 N–H and O–H groups in total. The topological polar surface area (TPSA) is 25.2 Å². The molecule has 0 aromatic carbocycles. The van der Waals surface area contributed by atoms with E-state index in [4.69, 9.17) is 5.11 Å². The Kier molecular flexibility index (Phi) is 3.76. The van der Waals surface area contributed by atoms with Crippen molar-refractivity contribution in [2.75, 3.05) is 6.61 Å². The Morgan fingerprint density at radius 3 is 2.50 bits per heavy atom. The quantitative estimate of drug-likeness (QED) is 0.783. The standard InChI is InChI=1S/C12H21NO/c1-9(2)8-13-10(3)7-12(5-6-14)11(13)4/h7,9,14H,5-6,8H2,1-4H3. The number of nitrogens with zero attached hydrogens (tertiary/aromatic N) is 1. The summed E-state index contributed by atoms with van der Waals surface area (Å²) in [6, 6.07) is 2.19. The molecule has 1 aromatic rings. The van der Waals surface area contributed by atoms with E-state index in [-0.39, 0.29) is 6.61 Å². The molecule has 2 nitrogen and oxygen atoms in total. The van der Waals surface area contributed by atoms with E-state index < -0.39 is 0 Å². The monoisotopic (exact) mass is 195 g/mol. The molecular weight excluding hydrogens is 174 g/mol. The average Bonchev–Trinajstić information content (AvgIpc) is 2.33. The second-order valence-corrected chi connectivity index (χ2v) is 4.37. The van der Waals surface area contributed by atoms with E-state index in [2.05, 4.69) is 38.3 Å². The van der Waals surface area contributed by atoms with Crippen LogP contribution in [0.1, 0.15) is 30.8 Å². The molecule has 1 aromatic heterocycles. The highest BCUT2D eigenvalue weighted by Gasteiger charge is 2.09. The van der Waals surface area contributed by atoms with Crippen molar-refractivity contribution in [2.24, 2.45) is 5.92 Å². The molecule has 0 aliphatic rings. The molecule has 14 heavy (non-hydrogen) atoms. The van der Waals surface area contributed by atoms with Crippen molar-refractivity contribution in [1.82, 2.24) is 4.57 Å². The lowest BCUT2D eigenvalue weighted by molar-refractivity contribution is 0.299. The summed E-state index contributed by atoms with van der Waals surface area (Å²) in [5.41, 5.74) is 3.90. The van der Waals surface area contributed by atoms with Gasteiger partial charge in [0.25, 0.3) is 0 Å². The number of hydrogen-bond donors (Lipinski definition) is 1. The Bertz CT molecular complexity index is 300. The average molecular weight is 195 g/mol. The molecule has 0 amide bonds. The largest absolute Gasteiger partial charge is 0.396 e. The number of aryl methyl sites for hydroxylation is 1. The zero-order valence-corrected chi connectivity index (χ0v) is 9.67. The van der Waals surface area contributed by atoms with Gasteiger partial charge in [-0.2, -0.15) is 0 Å². The van der Waals surface area contributed by atoms with E-state index in [0.717, 1.165) is 13.0 Å². The molecule has 2 heteroatoms. The van der Waals surface area contributed by atoms with Crippen LogP contribution in [-0.2, 0) is 13.0 Å². The van der Waals surface area contributed by atoms with E-state index in [0.29, 0.717) is 5.92 Å². The summed E-state index contributed by atoms with van der Waals surface area (Å²) in [6.45, 7) is 10.0. The van der Waals surface area contributed by atoms with E-state index in [1.54, 1.807) is 0 Å². The first-order valence-corrected chi connectivity index (χ1v) is 5.32. The predicted molar refractivity (Wildman–Crippen MR) is 59.5 cm³/mol. The van der Waals surface area contributed by atoms with Gasteiger partial charge in [0.2, 0.25) is 0 Å². The first-order chi connectivity index (χ1) is 6.56. The Hall–Kier alpha value is -0.760. The molecule has 0 aliphatic heterocycles.